The molecule has 0 radical (unpaired) electrons. The quantitative estimate of drug-likeness (QED) is 0.114. The van der Waals surface area contributed by atoms with Gasteiger partial charge in [-0.05, 0) is 93.1 Å². The highest BCUT2D eigenvalue weighted by molar-refractivity contribution is 6.48. The first-order valence-corrected chi connectivity index (χ1v) is 15.8. The summed E-state index contributed by atoms with van der Waals surface area (Å²) in [5, 5.41) is 2.73. The van der Waals surface area contributed by atoms with E-state index in [2.05, 4.69) is 0 Å². The highest BCUT2D eigenvalue weighted by atomic mass is 35.5. The molecule has 0 atom stereocenters. The van der Waals surface area contributed by atoms with Crippen molar-refractivity contribution < 1.29 is 0 Å². The number of hydrogen-bond acceptors (Lipinski definition) is 2. The zero-order chi connectivity index (χ0) is 29.9. The fraction of sp³-hybridized carbons (Fsp3) is 0.176. The molecule has 0 amide bonds. The Kier molecular flexibility index (Phi) is 12.4. The molecule has 2 nitrogen and oxygen atoms in total. The molecule has 0 aliphatic rings. The van der Waals surface area contributed by atoms with Crippen LogP contribution < -0.4 is 11.5 Å². The molecule has 0 fully saturated rings. The summed E-state index contributed by atoms with van der Waals surface area (Å²) in [5.41, 5.74) is 21.1. The van der Waals surface area contributed by atoms with Crippen LogP contribution in [-0.4, -0.2) is 14.6 Å². The molecule has 4 N–H and O–H groups in total. The van der Waals surface area contributed by atoms with Crippen molar-refractivity contribution in [1.29, 1.82) is 0 Å². The second-order valence-electron chi connectivity index (χ2n) is 10.5. The van der Waals surface area contributed by atoms with Gasteiger partial charge < -0.3 is 11.5 Å². The molecule has 4 rings (SSSR count). The minimum Gasteiger partial charge on any atom is -0.409 e. The Hall–Kier alpha value is -2.75. The van der Waals surface area contributed by atoms with Crippen molar-refractivity contribution in [3.8, 4) is 0 Å². The van der Waals surface area contributed by atoms with Gasteiger partial charge in [0.1, 0.15) is 0 Å². The van der Waals surface area contributed by atoms with E-state index in [9.17, 15) is 0 Å². The van der Waals surface area contributed by atoms with Gasteiger partial charge in [0.2, 0.25) is 0 Å². The van der Waals surface area contributed by atoms with E-state index in [1.165, 1.54) is 0 Å². The van der Waals surface area contributed by atoms with E-state index in [0.717, 1.165) is 97.5 Å². The van der Waals surface area contributed by atoms with E-state index in [1.807, 2.05) is 97.1 Å². The van der Waals surface area contributed by atoms with Crippen LogP contribution in [0.3, 0.4) is 0 Å². The number of hydrogen-bond donors (Lipinski definition) is 2. The monoisotopic (exact) mass is 632 g/mol. The molecule has 0 spiro atoms. The SMILES string of the molecule is NC(BCCCCCCBC(N)=C(c1cccc(Cl)c1)c1cccc(Cl)c1)=C(c1cccc(Cl)c1)c1cccc(Cl)c1. The standard InChI is InChI=1S/C34H34B2Cl4N2/c37-27-13-5-9-23(19-27)31(24-10-6-14-28(38)20-24)33(41)35-17-3-1-2-4-18-36-34(42)32(25-11-7-15-29(39)21-25)26-12-8-16-30(40)22-26/h5-16,19-22,35-36H,1-4,17-18,41-42H2. The molecular weight excluding hydrogens is 600 g/mol. The average molecular weight is 634 g/mol. The highest BCUT2D eigenvalue weighted by Gasteiger charge is 2.13. The largest absolute Gasteiger partial charge is 0.409 e. The molecule has 0 bridgehead atoms. The number of halogens is 4. The van der Waals surface area contributed by atoms with Crippen molar-refractivity contribution in [2.45, 2.75) is 38.3 Å². The summed E-state index contributed by atoms with van der Waals surface area (Å²) in [6, 6.07) is 31.3. The van der Waals surface area contributed by atoms with Gasteiger partial charge in [-0.1, -0.05) is 133 Å². The Balaban J connectivity index is 1.32. The van der Waals surface area contributed by atoms with Gasteiger partial charge in [-0.25, -0.2) is 0 Å². The molecule has 0 aromatic heterocycles. The first-order valence-electron chi connectivity index (χ1n) is 14.3. The van der Waals surface area contributed by atoms with Gasteiger partial charge in [-0.2, -0.15) is 0 Å². The summed E-state index contributed by atoms with van der Waals surface area (Å²) >= 11 is 25.2. The summed E-state index contributed by atoms with van der Waals surface area (Å²) < 4.78 is 0. The van der Waals surface area contributed by atoms with Crippen molar-refractivity contribution in [1.82, 2.24) is 0 Å². The van der Waals surface area contributed by atoms with Gasteiger partial charge in [0.25, 0.3) is 0 Å². The molecule has 0 heterocycles. The number of benzene rings is 4. The lowest BCUT2D eigenvalue weighted by Gasteiger charge is -2.14. The van der Waals surface area contributed by atoms with Crippen molar-refractivity contribution in [3.05, 3.63) is 151 Å². The predicted octanol–water partition coefficient (Wildman–Crippen LogP) is 9.62. The molecule has 4 aromatic carbocycles. The second-order valence-corrected chi connectivity index (χ2v) is 12.2. The van der Waals surface area contributed by atoms with Crippen LogP contribution in [0.5, 0.6) is 0 Å². The lowest BCUT2D eigenvalue weighted by atomic mass is 9.65. The summed E-state index contributed by atoms with van der Waals surface area (Å²) in [6.07, 6.45) is 6.56. The number of rotatable bonds is 13. The topological polar surface area (TPSA) is 52.0 Å². The van der Waals surface area contributed by atoms with Gasteiger partial charge in [0, 0.05) is 20.1 Å². The Morgan fingerprint density at radius 1 is 0.452 bits per heavy atom. The maximum atomic E-state index is 6.68. The van der Waals surface area contributed by atoms with Crippen LogP contribution in [0.25, 0.3) is 11.1 Å². The Morgan fingerprint density at radius 2 is 0.738 bits per heavy atom. The first-order chi connectivity index (χ1) is 20.3. The third-order valence-corrected chi connectivity index (χ3v) is 8.18. The highest BCUT2D eigenvalue weighted by Crippen LogP contribution is 2.30. The van der Waals surface area contributed by atoms with Crippen LogP contribution in [0.1, 0.15) is 47.9 Å². The molecule has 0 unspecified atom stereocenters. The van der Waals surface area contributed by atoms with E-state index in [0.29, 0.717) is 20.1 Å². The fourth-order valence-corrected chi connectivity index (χ4v) is 6.00. The zero-order valence-electron chi connectivity index (χ0n) is 23.6. The van der Waals surface area contributed by atoms with Crippen molar-refractivity contribution in [2.24, 2.45) is 11.5 Å². The smallest absolute Gasteiger partial charge is 0.179 e. The Labute approximate surface area is 271 Å². The van der Waals surface area contributed by atoms with Gasteiger partial charge in [0.15, 0.2) is 14.6 Å². The van der Waals surface area contributed by atoms with Gasteiger partial charge in [-0.15, -0.1) is 0 Å². The maximum absolute atomic E-state index is 6.68. The molecule has 0 saturated heterocycles. The third-order valence-electron chi connectivity index (χ3n) is 7.24. The third kappa shape index (κ3) is 9.38. The summed E-state index contributed by atoms with van der Waals surface area (Å²) in [6.45, 7) is 0. The first kappa shape index (κ1) is 32.2. The molecule has 0 aliphatic carbocycles. The number of unbranched alkanes of at least 4 members (excludes halogenated alkanes) is 3. The van der Waals surface area contributed by atoms with Crippen LogP contribution in [0.15, 0.2) is 108 Å². The predicted molar refractivity (Wildman–Crippen MR) is 189 cm³/mol. The molecule has 0 aliphatic heterocycles. The van der Waals surface area contributed by atoms with Crippen LogP contribution >= 0.6 is 46.4 Å². The van der Waals surface area contributed by atoms with E-state index in [1.54, 1.807) is 0 Å². The Morgan fingerprint density at radius 3 is 1.00 bits per heavy atom. The van der Waals surface area contributed by atoms with Crippen LogP contribution in [0, 0.1) is 0 Å². The van der Waals surface area contributed by atoms with E-state index in [4.69, 9.17) is 57.9 Å². The minimum absolute atomic E-state index is 0.683. The van der Waals surface area contributed by atoms with Crippen molar-refractivity contribution in [2.75, 3.05) is 0 Å². The Bertz CT molecular complexity index is 1360. The average Bonchev–Trinajstić information content (AvgIpc) is 2.95. The molecule has 8 heteroatoms. The van der Waals surface area contributed by atoms with Gasteiger partial charge in [0.05, 0.1) is 0 Å². The van der Waals surface area contributed by atoms with Crippen LogP contribution in [0.4, 0.5) is 0 Å². The summed E-state index contributed by atoms with van der Waals surface area (Å²) in [7, 11) is 1.62. The lowest BCUT2D eigenvalue weighted by molar-refractivity contribution is 0.699. The maximum Gasteiger partial charge on any atom is 0.179 e. The van der Waals surface area contributed by atoms with Crippen LogP contribution in [0.2, 0.25) is 32.7 Å². The molecule has 214 valence electrons. The summed E-state index contributed by atoms with van der Waals surface area (Å²) in [4.78, 5) is 0. The fourth-order valence-electron chi connectivity index (χ4n) is 5.24. The molecular formula is C34H34B2Cl4N2. The lowest BCUT2D eigenvalue weighted by Crippen LogP contribution is -2.11. The number of nitrogens with two attached hydrogens (primary N) is 2. The van der Waals surface area contributed by atoms with E-state index >= 15 is 0 Å². The van der Waals surface area contributed by atoms with Crippen molar-refractivity contribution >= 4 is 72.1 Å². The minimum atomic E-state index is 0.683. The molecule has 4 aromatic rings. The zero-order valence-corrected chi connectivity index (χ0v) is 26.6. The second kappa shape index (κ2) is 16.2. The van der Waals surface area contributed by atoms with E-state index in [-0.39, 0.29) is 0 Å². The van der Waals surface area contributed by atoms with Gasteiger partial charge in [-0.3, -0.25) is 0 Å². The van der Waals surface area contributed by atoms with Gasteiger partial charge >= 0.3 is 0 Å². The normalized spacial score (nSPS) is 10.7. The van der Waals surface area contributed by atoms with E-state index < -0.39 is 0 Å². The molecule has 0 saturated carbocycles. The molecule has 42 heavy (non-hydrogen) atoms. The van der Waals surface area contributed by atoms with Crippen molar-refractivity contribution in [3.63, 3.8) is 0 Å². The van der Waals surface area contributed by atoms with Crippen LogP contribution in [-0.2, 0) is 0 Å². The summed E-state index contributed by atoms with van der Waals surface area (Å²) in [5.74, 6) is 0.